The van der Waals surface area contributed by atoms with Crippen LogP contribution in [0.1, 0.15) is 12.0 Å². The van der Waals surface area contributed by atoms with Gasteiger partial charge in [0.15, 0.2) is 0 Å². The quantitative estimate of drug-likeness (QED) is 0.841. The number of fused-ring (bicyclic) bond motifs is 2. The molecule has 2 aliphatic carbocycles. The minimum Gasteiger partial charge on any atom is -0.481 e. The van der Waals surface area contributed by atoms with Gasteiger partial charge in [-0.1, -0.05) is 12.2 Å². The molecule has 0 aromatic heterocycles. The lowest BCUT2D eigenvalue weighted by Gasteiger charge is -2.23. The number of benzene rings is 1. The van der Waals surface area contributed by atoms with Crippen molar-refractivity contribution in [3.8, 4) is 0 Å². The van der Waals surface area contributed by atoms with E-state index >= 15 is 0 Å². The van der Waals surface area contributed by atoms with Gasteiger partial charge >= 0.3 is 5.97 Å². The molecule has 3 rings (SSSR count). The van der Waals surface area contributed by atoms with Gasteiger partial charge in [-0.2, -0.15) is 0 Å². The van der Waals surface area contributed by atoms with Crippen LogP contribution in [0.2, 0.25) is 0 Å². The summed E-state index contributed by atoms with van der Waals surface area (Å²) in [5.74, 6) is -3.08. The standard InChI is InChI=1S/C16H16FNO3/c1-8-4-11(17)7-12(5-8)18-15(19)13-9-2-3-10(6-9)14(13)16(20)21/h2-5,7,9-10,13-14H,6H2,1H3,(H,18,19)(H,20,21)/t9?,10?,13-,14+/m0/s1. The Hall–Kier alpha value is -2.17. The molecule has 0 spiro atoms. The Morgan fingerprint density at radius 1 is 1.19 bits per heavy atom. The molecule has 0 heterocycles. The van der Waals surface area contributed by atoms with E-state index in [-0.39, 0.29) is 17.7 Å². The van der Waals surface area contributed by atoms with Gasteiger partial charge in [0.2, 0.25) is 5.91 Å². The lowest BCUT2D eigenvalue weighted by molar-refractivity contribution is -0.146. The normalized spacial score (nSPS) is 29.6. The summed E-state index contributed by atoms with van der Waals surface area (Å²) in [6.45, 7) is 1.74. The Labute approximate surface area is 121 Å². The zero-order valence-corrected chi connectivity index (χ0v) is 11.5. The highest BCUT2D eigenvalue weighted by Gasteiger charge is 2.51. The molecule has 1 saturated carbocycles. The zero-order chi connectivity index (χ0) is 15.1. The first-order valence-electron chi connectivity index (χ1n) is 6.95. The number of allylic oxidation sites excluding steroid dienone is 2. The van der Waals surface area contributed by atoms with E-state index in [0.29, 0.717) is 17.7 Å². The van der Waals surface area contributed by atoms with Crippen LogP contribution in [0.15, 0.2) is 30.4 Å². The van der Waals surface area contributed by atoms with E-state index in [1.807, 2.05) is 12.2 Å². The third-order valence-electron chi connectivity index (χ3n) is 4.36. The molecule has 110 valence electrons. The van der Waals surface area contributed by atoms with Crippen LogP contribution in [0.4, 0.5) is 10.1 Å². The molecular formula is C16H16FNO3. The maximum absolute atomic E-state index is 13.4. The van der Waals surface area contributed by atoms with Gasteiger partial charge in [-0.3, -0.25) is 9.59 Å². The number of aryl methyl sites for hydroxylation is 1. The molecule has 2 unspecified atom stereocenters. The fourth-order valence-electron chi connectivity index (χ4n) is 3.55. The molecule has 1 amide bonds. The molecule has 0 saturated heterocycles. The van der Waals surface area contributed by atoms with Gasteiger partial charge < -0.3 is 10.4 Å². The number of carbonyl (C=O) groups excluding carboxylic acids is 1. The summed E-state index contributed by atoms with van der Waals surface area (Å²) in [6.07, 6.45) is 4.52. The maximum Gasteiger partial charge on any atom is 0.307 e. The van der Waals surface area contributed by atoms with Crippen molar-refractivity contribution in [2.45, 2.75) is 13.3 Å². The average Bonchev–Trinajstić information content (AvgIpc) is 2.96. The Morgan fingerprint density at radius 2 is 1.86 bits per heavy atom. The van der Waals surface area contributed by atoms with E-state index in [1.165, 1.54) is 12.1 Å². The van der Waals surface area contributed by atoms with Gasteiger partial charge in [-0.05, 0) is 48.9 Å². The second-order valence-corrected chi connectivity index (χ2v) is 5.84. The number of amides is 1. The van der Waals surface area contributed by atoms with E-state index in [4.69, 9.17) is 0 Å². The maximum atomic E-state index is 13.4. The first-order chi connectivity index (χ1) is 9.95. The molecule has 0 aliphatic heterocycles. The highest BCUT2D eigenvalue weighted by molar-refractivity contribution is 5.96. The van der Waals surface area contributed by atoms with Crippen molar-refractivity contribution in [1.82, 2.24) is 0 Å². The molecule has 1 fully saturated rings. The molecule has 2 N–H and O–H groups in total. The van der Waals surface area contributed by atoms with Gasteiger partial charge in [-0.15, -0.1) is 0 Å². The first kappa shape index (κ1) is 13.8. The van der Waals surface area contributed by atoms with Gasteiger partial charge in [0.1, 0.15) is 5.82 Å². The molecule has 2 bridgehead atoms. The second kappa shape index (κ2) is 4.98. The lowest BCUT2D eigenvalue weighted by Crippen LogP contribution is -2.36. The van der Waals surface area contributed by atoms with Crippen molar-refractivity contribution in [2.75, 3.05) is 5.32 Å². The molecular weight excluding hydrogens is 273 g/mol. The number of carbonyl (C=O) groups is 2. The third kappa shape index (κ3) is 2.44. The minimum atomic E-state index is -0.942. The summed E-state index contributed by atoms with van der Waals surface area (Å²) in [6, 6.07) is 4.28. The highest BCUT2D eigenvalue weighted by atomic mass is 19.1. The smallest absolute Gasteiger partial charge is 0.307 e. The number of nitrogens with one attached hydrogen (secondary N) is 1. The van der Waals surface area contributed by atoms with Crippen molar-refractivity contribution in [3.05, 3.63) is 41.7 Å². The van der Waals surface area contributed by atoms with Crippen LogP contribution >= 0.6 is 0 Å². The SMILES string of the molecule is Cc1cc(F)cc(NC(=O)[C@H]2C3C=CC(C3)[C@H]2C(=O)O)c1. The van der Waals surface area contributed by atoms with Gasteiger partial charge in [0, 0.05) is 5.69 Å². The number of hydrogen-bond donors (Lipinski definition) is 2. The number of rotatable bonds is 3. The Kier molecular flexibility index (Phi) is 3.27. The second-order valence-electron chi connectivity index (χ2n) is 5.84. The van der Waals surface area contributed by atoms with E-state index in [2.05, 4.69) is 5.32 Å². The number of anilines is 1. The van der Waals surface area contributed by atoms with Gasteiger partial charge in [0.25, 0.3) is 0 Å². The lowest BCUT2D eigenvalue weighted by atomic mass is 9.82. The van der Waals surface area contributed by atoms with Crippen LogP contribution in [-0.4, -0.2) is 17.0 Å². The number of halogens is 1. The van der Waals surface area contributed by atoms with Crippen molar-refractivity contribution in [1.29, 1.82) is 0 Å². The van der Waals surface area contributed by atoms with Crippen molar-refractivity contribution in [3.63, 3.8) is 0 Å². The Morgan fingerprint density at radius 3 is 2.48 bits per heavy atom. The van der Waals surface area contributed by atoms with Crippen LogP contribution in [-0.2, 0) is 9.59 Å². The van der Waals surface area contributed by atoms with E-state index in [0.717, 1.165) is 0 Å². The molecule has 21 heavy (non-hydrogen) atoms. The number of hydrogen-bond acceptors (Lipinski definition) is 2. The third-order valence-corrected chi connectivity index (χ3v) is 4.36. The molecule has 1 aromatic carbocycles. The van der Waals surface area contributed by atoms with Gasteiger partial charge in [-0.25, -0.2) is 4.39 Å². The molecule has 4 atom stereocenters. The fraction of sp³-hybridized carbons (Fsp3) is 0.375. The Bertz CT molecular complexity index is 620. The molecule has 5 heteroatoms. The molecule has 0 radical (unpaired) electrons. The predicted molar refractivity (Wildman–Crippen MR) is 75.1 cm³/mol. The number of carboxylic acids is 1. The van der Waals surface area contributed by atoms with E-state index in [1.54, 1.807) is 13.0 Å². The average molecular weight is 289 g/mol. The molecule has 1 aromatic rings. The largest absolute Gasteiger partial charge is 0.481 e. The summed E-state index contributed by atoms with van der Waals surface area (Å²) < 4.78 is 13.4. The predicted octanol–water partition coefficient (Wildman–Crippen LogP) is 2.60. The monoisotopic (exact) mass is 289 g/mol. The summed E-state index contributed by atoms with van der Waals surface area (Å²) in [4.78, 5) is 23.8. The molecule has 2 aliphatic rings. The summed E-state index contributed by atoms with van der Waals surface area (Å²) in [5.41, 5.74) is 1.07. The molecule has 4 nitrogen and oxygen atoms in total. The fourth-order valence-corrected chi connectivity index (χ4v) is 3.55. The Balaban J connectivity index is 1.82. The van der Waals surface area contributed by atoms with Crippen LogP contribution in [0.3, 0.4) is 0 Å². The van der Waals surface area contributed by atoms with Crippen molar-refractivity contribution < 1.29 is 19.1 Å². The number of carboxylic acid groups (broad SMARTS) is 1. The number of aliphatic carboxylic acids is 1. The minimum absolute atomic E-state index is 0.0363. The van der Waals surface area contributed by atoms with Gasteiger partial charge in [0.05, 0.1) is 11.8 Å². The van der Waals surface area contributed by atoms with Crippen molar-refractivity contribution in [2.24, 2.45) is 23.7 Å². The zero-order valence-electron chi connectivity index (χ0n) is 11.5. The topological polar surface area (TPSA) is 66.4 Å². The van der Waals surface area contributed by atoms with Crippen LogP contribution in [0.5, 0.6) is 0 Å². The highest BCUT2D eigenvalue weighted by Crippen LogP contribution is 2.48. The van der Waals surface area contributed by atoms with Crippen LogP contribution < -0.4 is 5.32 Å². The van der Waals surface area contributed by atoms with E-state index in [9.17, 15) is 19.1 Å². The van der Waals surface area contributed by atoms with Crippen molar-refractivity contribution >= 4 is 17.6 Å². The summed E-state index contributed by atoms with van der Waals surface area (Å²) >= 11 is 0. The van der Waals surface area contributed by atoms with Crippen LogP contribution in [0.25, 0.3) is 0 Å². The summed E-state index contributed by atoms with van der Waals surface area (Å²) in [5, 5.41) is 12.0. The summed E-state index contributed by atoms with van der Waals surface area (Å²) in [7, 11) is 0. The first-order valence-corrected chi connectivity index (χ1v) is 6.95. The van der Waals surface area contributed by atoms with E-state index < -0.39 is 23.6 Å². The van der Waals surface area contributed by atoms with Crippen LogP contribution in [0, 0.1) is 36.4 Å².